The molecule has 0 aliphatic carbocycles. The number of halogens is 1. The fourth-order valence-corrected chi connectivity index (χ4v) is 4.08. The minimum Gasteiger partial charge on any atom is -0.347 e. The number of hydrogen-bond acceptors (Lipinski definition) is 4. The van der Waals surface area contributed by atoms with Crippen LogP contribution < -0.4 is 10.6 Å². The third-order valence-electron chi connectivity index (χ3n) is 4.27. The van der Waals surface area contributed by atoms with Gasteiger partial charge in [-0.2, -0.15) is 5.10 Å². The van der Waals surface area contributed by atoms with Crippen LogP contribution in [0.2, 0.25) is 0 Å². The molecule has 7 heteroatoms. The zero-order valence-corrected chi connectivity index (χ0v) is 15.2. The van der Waals surface area contributed by atoms with Crippen molar-refractivity contribution in [1.82, 2.24) is 20.4 Å². The minimum atomic E-state index is -0.0239. The van der Waals surface area contributed by atoms with Gasteiger partial charge in [-0.05, 0) is 29.7 Å². The summed E-state index contributed by atoms with van der Waals surface area (Å²) in [5.41, 5.74) is 4.79. The Hall–Kier alpha value is -1.89. The molecule has 3 heterocycles. The van der Waals surface area contributed by atoms with Gasteiger partial charge < -0.3 is 10.6 Å². The monoisotopic (exact) mass is 362 g/mol. The molecule has 1 aliphatic heterocycles. The fourth-order valence-electron chi connectivity index (χ4n) is 3.04. The lowest BCUT2D eigenvalue weighted by Crippen LogP contribution is -2.21. The SMILES string of the molecule is Cc1nn(C)c2sc(C(=O)NCc3ccc4c(c3)CNC4)cc12.Cl. The Morgan fingerprint density at radius 1 is 1.33 bits per heavy atom. The van der Waals surface area contributed by atoms with Gasteiger partial charge >= 0.3 is 0 Å². The number of fused-ring (bicyclic) bond motifs is 2. The first-order chi connectivity index (χ1) is 11.1. The van der Waals surface area contributed by atoms with Gasteiger partial charge in [0, 0.05) is 32.1 Å². The second-order valence-electron chi connectivity index (χ2n) is 5.93. The van der Waals surface area contributed by atoms with Crippen molar-refractivity contribution in [2.45, 2.75) is 26.6 Å². The number of nitrogens with zero attached hydrogens (tertiary/aromatic N) is 2. The number of thiophene rings is 1. The fraction of sp³-hybridized carbons (Fsp3) is 0.294. The van der Waals surface area contributed by atoms with Crippen molar-refractivity contribution in [3.63, 3.8) is 0 Å². The summed E-state index contributed by atoms with van der Waals surface area (Å²) in [6.45, 7) is 4.38. The van der Waals surface area contributed by atoms with E-state index in [2.05, 4.69) is 33.9 Å². The largest absolute Gasteiger partial charge is 0.347 e. The van der Waals surface area contributed by atoms with Crippen LogP contribution in [0.15, 0.2) is 24.3 Å². The number of carbonyl (C=O) groups is 1. The molecule has 0 bridgehead atoms. The zero-order valence-electron chi connectivity index (χ0n) is 13.5. The zero-order chi connectivity index (χ0) is 16.0. The molecule has 0 atom stereocenters. The predicted octanol–water partition coefficient (Wildman–Crippen LogP) is 2.90. The average molecular weight is 363 g/mol. The Morgan fingerprint density at radius 3 is 2.92 bits per heavy atom. The first kappa shape index (κ1) is 17.0. The van der Waals surface area contributed by atoms with Gasteiger partial charge in [0.05, 0.1) is 10.6 Å². The second-order valence-corrected chi connectivity index (χ2v) is 6.96. The van der Waals surface area contributed by atoms with Gasteiger partial charge in [0.15, 0.2) is 0 Å². The third-order valence-corrected chi connectivity index (χ3v) is 5.48. The van der Waals surface area contributed by atoms with Crippen LogP contribution in [-0.4, -0.2) is 15.7 Å². The van der Waals surface area contributed by atoms with Crippen molar-refractivity contribution >= 4 is 39.9 Å². The maximum atomic E-state index is 12.4. The van der Waals surface area contributed by atoms with Crippen LogP contribution in [0.3, 0.4) is 0 Å². The Morgan fingerprint density at radius 2 is 2.12 bits per heavy atom. The molecule has 0 spiro atoms. The van der Waals surface area contributed by atoms with Crippen molar-refractivity contribution in [3.8, 4) is 0 Å². The molecule has 1 amide bonds. The summed E-state index contributed by atoms with van der Waals surface area (Å²) in [7, 11) is 1.91. The molecule has 24 heavy (non-hydrogen) atoms. The van der Waals surface area contributed by atoms with Crippen LogP contribution >= 0.6 is 23.7 Å². The first-order valence-corrected chi connectivity index (χ1v) is 8.46. The number of benzene rings is 1. The number of nitrogens with one attached hydrogen (secondary N) is 2. The number of hydrogen-bond donors (Lipinski definition) is 2. The summed E-state index contributed by atoms with van der Waals surface area (Å²) < 4.78 is 1.83. The lowest BCUT2D eigenvalue weighted by molar-refractivity contribution is 0.0955. The van der Waals surface area contributed by atoms with Crippen LogP contribution in [0, 0.1) is 6.92 Å². The van der Waals surface area contributed by atoms with E-state index in [1.807, 2.05) is 24.7 Å². The molecular weight excluding hydrogens is 344 g/mol. The maximum Gasteiger partial charge on any atom is 0.261 e. The van der Waals surface area contributed by atoms with Crippen molar-refractivity contribution in [2.24, 2.45) is 7.05 Å². The third kappa shape index (κ3) is 2.92. The summed E-state index contributed by atoms with van der Waals surface area (Å²) in [5, 5.41) is 11.8. The van der Waals surface area contributed by atoms with E-state index < -0.39 is 0 Å². The van der Waals surface area contributed by atoms with E-state index in [0.29, 0.717) is 6.54 Å². The highest BCUT2D eigenvalue weighted by Crippen LogP contribution is 2.27. The molecule has 0 radical (unpaired) electrons. The van der Waals surface area contributed by atoms with Crippen molar-refractivity contribution in [2.75, 3.05) is 0 Å². The Labute approximate surface area is 150 Å². The topological polar surface area (TPSA) is 59.0 Å². The van der Waals surface area contributed by atoms with E-state index in [1.165, 1.54) is 22.5 Å². The van der Waals surface area contributed by atoms with Gasteiger partial charge in [-0.3, -0.25) is 9.48 Å². The van der Waals surface area contributed by atoms with E-state index in [4.69, 9.17) is 0 Å². The molecule has 4 rings (SSSR count). The summed E-state index contributed by atoms with van der Waals surface area (Å²) in [4.78, 5) is 14.2. The molecule has 1 aliphatic rings. The second kappa shape index (κ2) is 6.55. The Bertz CT molecular complexity index is 880. The number of aromatic nitrogens is 2. The summed E-state index contributed by atoms with van der Waals surface area (Å²) >= 11 is 1.49. The molecule has 0 saturated heterocycles. The van der Waals surface area contributed by atoms with Crippen molar-refractivity contribution in [3.05, 3.63) is 51.5 Å². The van der Waals surface area contributed by atoms with Gasteiger partial charge in [0.25, 0.3) is 5.91 Å². The molecule has 0 fully saturated rings. The van der Waals surface area contributed by atoms with Gasteiger partial charge in [-0.25, -0.2) is 0 Å². The average Bonchev–Trinajstić information content (AvgIpc) is 3.23. The minimum absolute atomic E-state index is 0. The summed E-state index contributed by atoms with van der Waals surface area (Å²) in [6, 6.07) is 8.34. The quantitative estimate of drug-likeness (QED) is 0.753. The number of carbonyl (C=O) groups excluding carboxylic acids is 1. The highest BCUT2D eigenvalue weighted by molar-refractivity contribution is 7.20. The Balaban J connectivity index is 0.00000169. The lowest BCUT2D eigenvalue weighted by atomic mass is 10.1. The van der Waals surface area contributed by atoms with Crippen LogP contribution in [0.5, 0.6) is 0 Å². The van der Waals surface area contributed by atoms with Crippen molar-refractivity contribution in [1.29, 1.82) is 0 Å². The van der Waals surface area contributed by atoms with Crippen LogP contribution in [-0.2, 0) is 26.7 Å². The van der Waals surface area contributed by atoms with Crippen LogP contribution in [0.1, 0.15) is 32.1 Å². The molecule has 0 unspecified atom stereocenters. The number of amides is 1. The number of rotatable bonds is 3. The highest BCUT2D eigenvalue weighted by Gasteiger charge is 2.15. The van der Waals surface area contributed by atoms with E-state index in [-0.39, 0.29) is 18.3 Å². The van der Waals surface area contributed by atoms with E-state index in [0.717, 1.165) is 39.4 Å². The van der Waals surface area contributed by atoms with E-state index in [1.54, 1.807) is 0 Å². The predicted molar refractivity (Wildman–Crippen MR) is 98.7 cm³/mol. The molecule has 1 aromatic carbocycles. The van der Waals surface area contributed by atoms with E-state index >= 15 is 0 Å². The van der Waals surface area contributed by atoms with Gasteiger partial charge in [-0.1, -0.05) is 18.2 Å². The standard InChI is InChI=1S/C17H18N4OS.ClH/c1-10-14-6-15(23-17(14)21(2)20-10)16(22)19-7-11-3-4-12-8-18-9-13(12)5-11;/h3-6,18H,7-9H2,1-2H3,(H,19,22);1H. The van der Waals surface area contributed by atoms with Crippen LogP contribution in [0.25, 0.3) is 10.2 Å². The molecule has 2 N–H and O–H groups in total. The van der Waals surface area contributed by atoms with Crippen molar-refractivity contribution < 1.29 is 4.79 Å². The lowest BCUT2D eigenvalue weighted by Gasteiger charge is -2.06. The smallest absolute Gasteiger partial charge is 0.261 e. The van der Waals surface area contributed by atoms with Gasteiger partial charge in [0.1, 0.15) is 4.83 Å². The van der Waals surface area contributed by atoms with Gasteiger partial charge in [-0.15, -0.1) is 23.7 Å². The molecular formula is C17H19ClN4OS. The highest BCUT2D eigenvalue weighted by atomic mass is 35.5. The first-order valence-electron chi connectivity index (χ1n) is 7.64. The molecule has 3 aromatic rings. The Kier molecular flexibility index (Phi) is 4.62. The molecule has 0 saturated carbocycles. The van der Waals surface area contributed by atoms with Gasteiger partial charge in [0.2, 0.25) is 0 Å². The summed E-state index contributed by atoms with van der Waals surface area (Å²) in [6.07, 6.45) is 0. The molecule has 2 aromatic heterocycles. The van der Waals surface area contributed by atoms with E-state index in [9.17, 15) is 4.79 Å². The van der Waals surface area contributed by atoms with Crippen LogP contribution in [0.4, 0.5) is 0 Å². The summed E-state index contributed by atoms with van der Waals surface area (Å²) in [5.74, 6) is -0.0239. The normalized spacial score (nSPS) is 12.9. The number of aryl methyl sites for hydroxylation is 2. The molecule has 126 valence electrons. The maximum absolute atomic E-state index is 12.4. The molecule has 5 nitrogen and oxygen atoms in total.